The molecule has 2 fully saturated rings. The van der Waals surface area contributed by atoms with E-state index in [9.17, 15) is 15.0 Å². The van der Waals surface area contributed by atoms with Crippen molar-refractivity contribution in [1.82, 2.24) is 4.98 Å². The van der Waals surface area contributed by atoms with Gasteiger partial charge in [-0.1, -0.05) is 6.92 Å². The highest BCUT2D eigenvalue weighted by atomic mass is 16.5. The van der Waals surface area contributed by atoms with Crippen LogP contribution in [0.3, 0.4) is 0 Å². The van der Waals surface area contributed by atoms with Gasteiger partial charge in [0.1, 0.15) is 17.6 Å². The Morgan fingerprint density at radius 3 is 2.90 bits per heavy atom. The first-order valence-electron chi connectivity index (χ1n) is 10.5. The molecule has 0 spiro atoms. The summed E-state index contributed by atoms with van der Waals surface area (Å²) in [6.07, 6.45) is 6.93. The van der Waals surface area contributed by atoms with Crippen LogP contribution in [0.25, 0.3) is 11.3 Å². The minimum atomic E-state index is -0.446. The predicted molar refractivity (Wildman–Crippen MR) is 106 cm³/mol. The molecule has 2 aliphatic carbocycles. The molecule has 3 unspecified atom stereocenters. The molecular weight excluding hydrogens is 370 g/mol. The number of hydrogen-bond acceptors (Lipinski definition) is 6. The number of aromatic nitrogens is 1. The molecular formula is C23H27NO5. The zero-order valence-corrected chi connectivity index (χ0v) is 16.6. The van der Waals surface area contributed by atoms with Gasteiger partial charge in [0.05, 0.1) is 11.7 Å². The number of ether oxygens (including phenoxy) is 1. The zero-order valence-electron chi connectivity index (χ0n) is 16.6. The Kier molecular flexibility index (Phi) is 4.51. The van der Waals surface area contributed by atoms with Crippen molar-refractivity contribution >= 4 is 0 Å². The summed E-state index contributed by atoms with van der Waals surface area (Å²) in [6.45, 7) is 2.26. The van der Waals surface area contributed by atoms with Crippen LogP contribution in [0.15, 0.2) is 39.8 Å². The average molecular weight is 397 g/mol. The fourth-order valence-corrected chi connectivity index (χ4v) is 6.16. The lowest BCUT2D eigenvalue weighted by atomic mass is 9.50. The van der Waals surface area contributed by atoms with E-state index in [0.29, 0.717) is 29.9 Å². The van der Waals surface area contributed by atoms with E-state index in [-0.39, 0.29) is 41.5 Å². The van der Waals surface area contributed by atoms with Crippen LogP contribution in [0.4, 0.5) is 0 Å². The van der Waals surface area contributed by atoms with Gasteiger partial charge in [-0.05, 0) is 55.6 Å². The number of hydrogen-bond donors (Lipinski definition) is 2. The van der Waals surface area contributed by atoms with Crippen LogP contribution < -0.4 is 10.4 Å². The molecule has 6 heteroatoms. The average Bonchev–Trinajstić information content (AvgIpc) is 2.74. The SMILES string of the molecule is C[C@]12CC[C@H](O)[C@@H](CO)C1CCC1Oc3cc(-c4cccnc4)oc(=O)c3CC12. The van der Waals surface area contributed by atoms with Gasteiger partial charge in [-0.15, -0.1) is 0 Å². The Morgan fingerprint density at radius 2 is 2.14 bits per heavy atom. The van der Waals surface area contributed by atoms with Crippen molar-refractivity contribution < 1.29 is 19.4 Å². The Morgan fingerprint density at radius 1 is 1.28 bits per heavy atom. The summed E-state index contributed by atoms with van der Waals surface area (Å²) in [7, 11) is 0. The van der Waals surface area contributed by atoms with Crippen molar-refractivity contribution in [2.24, 2.45) is 23.2 Å². The fourth-order valence-electron chi connectivity index (χ4n) is 6.16. The molecule has 0 amide bonds. The number of nitrogens with zero attached hydrogens (tertiary/aromatic N) is 1. The minimum Gasteiger partial charge on any atom is -0.489 e. The van der Waals surface area contributed by atoms with Crippen molar-refractivity contribution in [3.8, 4) is 17.1 Å². The molecule has 154 valence electrons. The molecule has 0 saturated heterocycles. The molecule has 6 atom stereocenters. The van der Waals surface area contributed by atoms with E-state index >= 15 is 0 Å². The maximum absolute atomic E-state index is 12.8. The maximum Gasteiger partial charge on any atom is 0.343 e. The van der Waals surface area contributed by atoms with Gasteiger partial charge in [0.25, 0.3) is 0 Å². The Labute approximate surface area is 169 Å². The van der Waals surface area contributed by atoms with Crippen LogP contribution >= 0.6 is 0 Å². The third-order valence-electron chi connectivity index (χ3n) is 7.76. The monoisotopic (exact) mass is 397 g/mol. The summed E-state index contributed by atoms with van der Waals surface area (Å²) >= 11 is 0. The van der Waals surface area contributed by atoms with Gasteiger partial charge in [-0.25, -0.2) is 4.79 Å². The molecule has 3 heterocycles. The second kappa shape index (κ2) is 6.96. The first-order valence-corrected chi connectivity index (χ1v) is 10.5. The van der Waals surface area contributed by atoms with Gasteiger partial charge in [0.15, 0.2) is 0 Å². The second-order valence-electron chi connectivity index (χ2n) is 9.09. The van der Waals surface area contributed by atoms with Crippen LogP contribution in [-0.4, -0.2) is 34.0 Å². The molecule has 2 aromatic rings. The first-order chi connectivity index (χ1) is 14.0. The number of aliphatic hydroxyl groups excluding tert-OH is 2. The number of aliphatic hydroxyl groups is 2. The number of pyridine rings is 1. The third-order valence-corrected chi connectivity index (χ3v) is 7.76. The zero-order chi connectivity index (χ0) is 20.2. The molecule has 3 aliphatic rings. The lowest BCUT2D eigenvalue weighted by Crippen LogP contribution is -2.57. The topological polar surface area (TPSA) is 92.8 Å². The lowest BCUT2D eigenvalue weighted by molar-refractivity contribution is -0.140. The predicted octanol–water partition coefficient (Wildman–Crippen LogP) is 2.80. The summed E-state index contributed by atoms with van der Waals surface area (Å²) in [5, 5.41) is 20.3. The summed E-state index contributed by atoms with van der Waals surface area (Å²) in [5.41, 5.74) is 0.940. The normalized spacial score (nSPS) is 35.8. The standard InChI is InChI=1S/C23H27NO5/c1-23-7-6-18(26)15(12-25)16(23)4-5-19-17(23)9-14-21(28-19)10-20(29-22(14)27)13-3-2-8-24-11-13/h2-3,8,10-11,15-19,25-26H,4-7,9,12H2,1H3/t15-,16?,17?,18-,19?,23-/m0/s1. The van der Waals surface area contributed by atoms with E-state index in [2.05, 4.69) is 11.9 Å². The Bertz CT molecular complexity index is 957. The van der Waals surface area contributed by atoms with Gasteiger partial charge in [-0.2, -0.15) is 0 Å². The van der Waals surface area contributed by atoms with Crippen LogP contribution in [0.5, 0.6) is 5.75 Å². The summed E-state index contributed by atoms with van der Waals surface area (Å²) in [5.74, 6) is 1.42. The quantitative estimate of drug-likeness (QED) is 0.810. The third kappa shape index (κ3) is 2.92. The molecule has 0 radical (unpaired) electrons. The molecule has 0 aromatic carbocycles. The van der Waals surface area contributed by atoms with Crippen LogP contribution in [0.1, 0.15) is 38.2 Å². The minimum absolute atomic E-state index is 0.00681. The summed E-state index contributed by atoms with van der Waals surface area (Å²) in [4.78, 5) is 16.9. The van der Waals surface area contributed by atoms with Crippen LogP contribution in [-0.2, 0) is 6.42 Å². The van der Waals surface area contributed by atoms with Gasteiger partial charge in [0, 0.05) is 42.5 Å². The first kappa shape index (κ1) is 18.8. The highest BCUT2D eigenvalue weighted by molar-refractivity contribution is 5.58. The highest BCUT2D eigenvalue weighted by Gasteiger charge is 2.56. The molecule has 5 rings (SSSR count). The molecule has 2 saturated carbocycles. The molecule has 29 heavy (non-hydrogen) atoms. The smallest absolute Gasteiger partial charge is 0.343 e. The van der Waals surface area contributed by atoms with Crippen molar-refractivity contribution in [2.75, 3.05) is 6.61 Å². The number of fused-ring (bicyclic) bond motifs is 4. The highest BCUT2D eigenvalue weighted by Crippen LogP contribution is 2.58. The second-order valence-corrected chi connectivity index (χ2v) is 9.09. The van der Waals surface area contributed by atoms with Gasteiger partial charge >= 0.3 is 5.63 Å². The van der Waals surface area contributed by atoms with E-state index in [1.165, 1.54) is 0 Å². The van der Waals surface area contributed by atoms with Crippen molar-refractivity contribution in [2.45, 2.75) is 51.2 Å². The van der Waals surface area contributed by atoms with Crippen LogP contribution in [0.2, 0.25) is 0 Å². The largest absolute Gasteiger partial charge is 0.489 e. The summed E-state index contributed by atoms with van der Waals surface area (Å²) in [6, 6.07) is 5.49. The van der Waals surface area contributed by atoms with Gasteiger partial charge in [0.2, 0.25) is 0 Å². The van der Waals surface area contributed by atoms with E-state index in [4.69, 9.17) is 9.15 Å². The summed E-state index contributed by atoms with van der Waals surface area (Å²) < 4.78 is 12.0. The Balaban J connectivity index is 1.51. The van der Waals surface area contributed by atoms with Crippen LogP contribution in [0, 0.1) is 23.2 Å². The van der Waals surface area contributed by atoms with Gasteiger partial charge in [-0.3, -0.25) is 4.98 Å². The molecule has 1 aliphatic heterocycles. The van der Waals surface area contributed by atoms with E-state index in [0.717, 1.165) is 24.8 Å². The van der Waals surface area contributed by atoms with Crippen molar-refractivity contribution in [3.63, 3.8) is 0 Å². The lowest BCUT2D eigenvalue weighted by Gasteiger charge is -2.57. The molecule has 6 nitrogen and oxygen atoms in total. The molecule has 2 N–H and O–H groups in total. The Hall–Kier alpha value is -2.18. The van der Waals surface area contributed by atoms with E-state index in [1.54, 1.807) is 12.4 Å². The van der Waals surface area contributed by atoms with Crippen molar-refractivity contribution in [1.29, 1.82) is 0 Å². The number of rotatable bonds is 2. The fraction of sp³-hybridized carbons (Fsp3) is 0.565. The van der Waals surface area contributed by atoms with E-state index in [1.807, 2.05) is 18.2 Å². The van der Waals surface area contributed by atoms with Crippen molar-refractivity contribution in [3.05, 3.63) is 46.6 Å². The van der Waals surface area contributed by atoms with Gasteiger partial charge < -0.3 is 19.4 Å². The maximum atomic E-state index is 12.8. The molecule has 2 aromatic heterocycles. The molecule has 0 bridgehead atoms. The van der Waals surface area contributed by atoms with E-state index < -0.39 is 6.10 Å².